The number of anilines is 1. The van der Waals surface area contributed by atoms with Crippen LogP contribution in [0.2, 0.25) is 0 Å². The van der Waals surface area contributed by atoms with Gasteiger partial charge in [-0.2, -0.15) is 0 Å². The van der Waals surface area contributed by atoms with Gasteiger partial charge < -0.3 is 10.6 Å². The second-order valence-corrected chi connectivity index (χ2v) is 4.79. The molecule has 0 amide bonds. The lowest BCUT2D eigenvalue weighted by molar-refractivity contribution is 0.709. The Balaban J connectivity index is 1.64. The number of benzene rings is 2. The molecular weight excluding hydrogens is 234 g/mol. The summed E-state index contributed by atoms with van der Waals surface area (Å²) in [6.45, 7) is 2.86. The second-order valence-electron chi connectivity index (χ2n) is 4.79. The van der Waals surface area contributed by atoms with Crippen molar-refractivity contribution < 1.29 is 0 Å². The van der Waals surface area contributed by atoms with Crippen molar-refractivity contribution in [3.05, 3.63) is 65.7 Å². The van der Waals surface area contributed by atoms with E-state index in [4.69, 9.17) is 0 Å². The van der Waals surface area contributed by atoms with Crippen molar-refractivity contribution in [2.75, 3.05) is 11.9 Å². The predicted octanol–water partition coefficient (Wildman–Crippen LogP) is 3.11. The maximum absolute atomic E-state index is 4.51. The van der Waals surface area contributed by atoms with Crippen LogP contribution in [0.1, 0.15) is 17.2 Å². The van der Waals surface area contributed by atoms with E-state index in [0.29, 0.717) is 0 Å². The molecule has 1 aliphatic heterocycles. The zero-order chi connectivity index (χ0) is 13.1. The first-order valence-electron chi connectivity index (χ1n) is 6.51. The standard InChI is InChI=1S/C16H17N3/c1-12-7-9-14(10-8-12)18-16-17-11-15(19-16)13-5-3-2-4-6-13/h2-10,15H,11H2,1H3,(H2,17,18,19). The SMILES string of the molecule is Cc1ccc(NC2=NCC(c3ccccc3)N2)cc1. The van der Waals surface area contributed by atoms with Gasteiger partial charge in [0.05, 0.1) is 12.6 Å². The van der Waals surface area contributed by atoms with E-state index in [-0.39, 0.29) is 6.04 Å². The molecule has 0 aliphatic carbocycles. The molecular formula is C16H17N3. The molecule has 1 aliphatic rings. The molecule has 1 heterocycles. The van der Waals surface area contributed by atoms with Gasteiger partial charge in [0.25, 0.3) is 0 Å². The van der Waals surface area contributed by atoms with E-state index in [9.17, 15) is 0 Å². The minimum atomic E-state index is 0.272. The summed E-state index contributed by atoms with van der Waals surface area (Å²) in [5.74, 6) is 0.845. The van der Waals surface area contributed by atoms with Gasteiger partial charge in [0.15, 0.2) is 5.96 Å². The van der Waals surface area contributed by atoms with Crippen LogP contribution in [0.5, 0.6) is 0 Å². The van der Waals surface area contributed by atoms with Gasteiger partial charge in [-0.25, -0.2) is 0 Å². The van der Waals surface area contributed by atoms with Crippen LogP contribution in [0.4, 0.5) is 5.69 Å². The molecule has 0 radical (unpaired) electrons. The van der Waals surface area contributed by atoms with E-state index in [0.717, 1.165) is 18.2 Å². The van der Waals surface area contributed by atoms with Gasteiger partial charge in [-0.1, -0.05) is 48.0 Å². The number of nitrogens with one attached hydrogen (secondary N) is 2. The van der Waals surface area contributed by atoms with Gasteiger partial charge in [-0.15, -0.1) is 0 Å². The van der Waals surface area contributed by atoms with Crippen molar-refractivity contribution >= 4 is 11.6 Å². The Morgan fingerprint density at radius 2 is 1.79 bits per heavy atom. The summed E-state index contributed by atoms with van der Waals surface area (Å²) in [4.78, 5) is 4.51. The Bertz CT molecular complexity index is 573. The van der Waals surface area contributed by atoms with E-state index in [1.54, 1.807) is 0 Å². The van der Waals surface area contributed by atoms with E-state index < -0.39 is 0 Å². The van der Waals surface area contributed by atoms with Gasteiger partial charge in [0.1, 0.15) is 0 Å². The predicted molar refractivity (Wildman–Crippen MR) is 79.4 cm³/mol. The van der Waals surface area contributed by atoms with Crippen molar-refractivity contribution in [1.82, 2.24) is 5.32 Å². The number of guanidine groups is 1. The van der Waals surface area contributed by atoms with Crippen LogP contribution in [0.25, 0.3) is 0 Å². The maximum Gasteiger partial charge on any atom is 0.196 e. The highest BCUT2D eigenvalue weighted by molar-refractivity contribution is 5.95. The first-order chi connectivity index (χ1) is 9.31. The summed E-state index contributed by atoms with van der Waals surface area (Å²) >= 11 is 0. The van der Waals surface area contributed by atoms with Crippen LogP contribution in [0.3, 0.4) is 0 Å². The first kappa shape index (κ1) is 11.8. The summed E-state index contributed by atoms with van der Waals surface area (Å²) in [5, 5.41) is 6.72. The van der Waals surface area contributed by atoms with Crippen molar-refractivity contribution in [2.24, 2.45) is 4.99 Å². The zero-order valence-electron chi connectivity index (χ0n) is 10.9. The third-order valence-corrected chi connectivity index (χ3v) is 3.26. The van der Waals surface area contributed by atoms with Gasteiger partial charge in [-0.3, -0.25) is 4.99 Å². The van der Waals surface area contributed by atoms with Crippen LogP contribution < -0.4 is 10.6 Å². The number of nitrogens with zero attached hydrogens (tertiary/aromatic N) is 1. The molecule has 96 valence electrons. The van der Waals surface area contributed by atoms with Crippen LogP contribution in [-0.4, -0.2) is 12.5 Å². The van der Waals surface area contributed by atoms with Gasteiger partial charge in [0.2, 0.25) is 0 Å². The maximum atomic E-state index is 4.51. The number of rotatable bonds is 2. The summed E-state index contributed by atoms with van der Waals surface area (Å²) in [7, 11) is 0. The van der Waals surface area contributed by atoms with E-state index in [1.807, 2.05) is 6.07 Å². The molecule has 3 heteroatoms. The Labute approximate surface area is 113 Å². The molecule has 2 aromatic rings. The molecule has 0 bridgehead atoms. The average Bonchev–Trinajstić information content (AvgIpc) is 2.91. The third kappa shape index (κ3) is 2.76. The molecule has 3 nitrogen and oxygen atoms in total. The minimum Gasteiger partial charge on any atom is -0.347 e. The monoisotopic (exact) mass is 251 g/mol. The Hall–Kier alpha value is -2.29. The highest BCUT2D eigenvalue weighted by Crippen LogP contribution is 2.17. The summed E-state index contributed by atoms with van der Waals surface area (Å²) < 4.78 is 0. The van der Waals surface area contributed by atoms with E-state index >= 15 is 0 Å². The number of hydrogen-bond donors (Lipinski definition) is 2. The Kier molecular flexibility index (Phi) is 3.19. The largest absolute Gasteiger partial charge is 0.347 e. The molecule has 0 fully saturated rings. The Morgan fingerprint density at radius 1 is 1.05 bits per heavy atom. The van der Waals surface area contributed by atoms with Gasteiger partial charge >= 0.3 is 0 Å². The molecule has 1 unspecified atom stereocenters. The first-order valence-corrected chi connectivity index (χ1v) is 6.51. The van der Waals surface area contributed by atoms with E-state index in [2.05, 4.69) is 71.1 Å². The third-order valence-electron chi connectivity index (χ3n) is 3.26. The topological polar surface area (TPSA) is 36.4 Å². The van der Waals surface area contributed by atoms with Gasteiger partial charge in [0, 0.05) is 5.69 Å². The highest BCUT2D eigenvalue weighted by atomic mass is 15.2. The molecule has 2 aromatic carbocycles. The molecule has 0 spiro atoms. The lowest BCUT2D eigenvalue weighted by Gasteiger charge is -2.13. The lowest BCUT2D eigenvalue weighted by Crippen LogP contribution is -2.29. The normalized spacial score (nSPS) is 17.7. The number of hydrogen-bond acceptors (Lipinski definition) is 3. The smallest absolute Gasteiger partial charge is 0.196 e. The van der Waals surface area contributed by atoms with Crippen LogP contribution in [0, 0.1) is 6.92 Å². The molecule has 2 N–H and O–H groups in total. The highest BCUT2D eigenvalue weighted by Gasteiger charge is 2.18. The van der Waals surface area contributed by atoms with Crippen molar-refractivity contribution in [2.45, 2.75) is 13.0 Å². The van der Waals surface area contributed by atoms with Crippen LogP contribution in [0.15, 0.2) is 59.6 Å². The summed E-state index contributed by atoms with van der Waals surface area (Å²) in [6.07, 6.45) is 0. The minimum absolute atomic E-state index is 0.272. The van der Waals surface area contributed by atoms with Crippen molar-refractivity contribution in [3.63, 3.8) is 0 Å². The lowest BCUT2D eigenvalue weighted by atomic mass is 10.1. The Morgan fingerprint density at radius 3 is 2.53 bits per heavy atom. The fourth-order valence-corrected chi connectivity index (χ4v) is 2.16. The van der Waals surface area contributed by atoms with Crippen LogP contribution >= 0.6 is 0 Å². The molecule has 0 saturated heterocycles. The van der Waals surface area contributed by atoms with Crippen molar-refractivity contribution in [3.8, 4) is 0 Å². The molecule has 0 saturated carbocycles. The molecule has 3 rings (SSSR count). The van der Waals surface area contributed by atoms with Crippen molar-refractivity contribution in [1.29, 1.82) is 0 Å². The molecule has 0 aromatic heterocycles. The number of aliphatic imine (C=N–C) groups is 1. The zero-order valence-corrected chi connectivity index (χ0v) is 10.9. The summed E-state index contributed by atoms with van der Waals surface area (Å²) in [5.41, 5.74) is 3.59. The van der Waals surface area contributed by atoms with Gasteiger partial charge in [-0.05, 0) is 24.6 Å². The van der Waals surface area contributed by atoms with E-state index in [1.165, 1.54) is 11.1 Å². The van der Waals surface area contributed by atoms with Crippen LogP contribution in [-0.2, 0) is 0 Å². The average molecular weight is 251 g/mol. The summed E-state index contributed by atoms with van der Waals surface area (Å²) in [6, 6.07) is 19.0. The second kappa shape index (κ2) is 5.14. The molecule has 1 atom stereocenters. The quantitative estimate of drug-likeness (QED) is 0.860. The number of aryl methyl sites for hydroxylation is 1. The molecule has 19 heavy (non-hydrogen) atoms. The fourth-order valence-electron chi connectivity index (χ4n) is 2.16. The fraction of sp³-hybridized carbons (Fsp3) is 0.188.